The average molecular weight is 557 g/mol. The zero-order valence-electron chi connectivity index (χ0n) is 23.5. The monoisotopic (exact) mass is 556 g/mol. The molecule has 2 aromatic carbocycles. The van der Waals surface area contributed by atoms with Gasteiger partial charge in [-0.3, -0.25) is 19.2 Å². The number of hydrogen-bond acceptors (Lipinski definition) is 11. The predicted octanol–water partition coefficient (Wildman–Crippen LogP) is 4.47. The van der Waals surface area contributed by atoms with E-state index in [0.29, 0.717) is 24.2 Å². The molecule has 11 heteroatoms. The van der Waals surface area contributed by atoms with Gasteiger partial charge in [-0.25, -0.2) is 0 Å². The van der Waals surface area contributed by atoms with Crippen LogP contribution >= 0.6 is 0 Å². The highest BCUT2D eigenvalue weighted by atomic mass is 16.6. The molecule has 1 aromatic heterocycles. The lowest BCUT2D eigenvalue weighted by atomic mass is 9.98. The third-order valence-electron chi connectivity index (χ3n) is 5.95. The lowest BCUT2D eigenvalue weighted by molar-refractivity contribution is -0.142. The summed E-state index contributed by atoms with van der Waals surface area (Å²) in [5.74, 6) is -1.47. The van der Waals surface area contributed by atoms with Gasteiger partial charge in [0.05, 0.1) is 27.9 Å². The van der Waals surface area contributed by atoms with E-state index in [1.807, 2.05) is 6.92 Å². The number of carbonyl (C=O) groups excluding carboxylic acids is 3. The van der Waals surface area contributed by atoms with Crippen LogP contribution in [-0.4, -0.2) is 45.8 Å². The van der Waals surface area contributed by atoms with E-state index in [4.69, 9.17) is 32.8 Å². The number of esters is 3. The highest BCUT2D eigenvalue weighted by Crippen LogP contribution is 2.45. The zero-order valence-corrected chi connectivity index (χ0v) is 23.5. The van der Waals surface area contributed by atoms with E-state index < -0.39 is 17.4 Å². The summed E-state index contributed by atoms with van der Waals surface area (Å²) in [6.07, 6.45) is 1.23. The molecule has 40 heavy (non-hydrogen) atoms. The van der Waals surface area contributed by atoms with Crippen molar-refractivity contribution in [1.82, 2.24) is 0 Å². The van der Waals surface area contributed by atoms with Crippen molar-refractivity contribution >= 4 is 28.9 Å². The van der Waals surface area contributed by atoms with Crippen molar-refractivity contribution in [3.05, 3.63) is 40.1 Å². The summed E-state index contributed by atoms with van der Waals surface area (Å²) in [6, 6.07) is 6.47. The van der Waals surface area contributed by atoms with Crippen LogP contribution in [0, 0.1) is 5.92 Å². The highest BCUT2D eigenvalue weighted by Gasteiger charge is 2.27. The Hall–Kier alpha value is -4.54. The van der Waals surface area contributed by atoms with E-state index in [2.05, 4.69) is 0 Å². The van der Waals surface area contributed by atoms with Gasteiger partial charge in [-0.2, -0.15) is 0 Å². The van der Waals surface area contributed by atoms with Gasteiger partial charge < -0.3 is 32.8 Å². The maximum atomic E-state index is 13.7. The standard InChI is InChI=1S/C29H32O11/c1-15(14-37-16(2)30)8-9-19-12-20(10-11-21(19)34-5)26-29(39-18(4)32)25(33)24-22(40-26)13-23(38-17(3)31)27(35-6)28(24)36-7/h10-13,15H,8-9,14H2,1-7H3. The van der Waals surface area contributed by atoms with Gasteiger partial charge in [0.1, 0.15) is 16.7 Å². The Balaban J connectivity index is 2.23. The molecule has 3 rings (SSSR count). The summed E-state index contributed by atoms with van der Waals surface area (Å²) < 4.78 is 38.2. The first-order valence-corrected chi connectivity index (χ1v) is 12.4. The molecule has 0 aliphatic rings. The van der Waals surface area contributed by atoms with E-state index in [1.54, 1.807) is 18.2 Å². The van der Waals surface area contributed by atoms with Gasteiger partial charge in [-0.1, -0.05) is 6.92 Å². The summed E-state index contributed by atoms with van der Waals surface area (Å²) >= 11 is 0. The Morgan fingerprint density at radius 1 is 0.825 bits per heavy atom. The summed E-state index contributed by atoms with van der Waals surface area (Å²) in [6.45, 7) is 5.98. The molecule has 0 saturated carbocycles. The number of rotatable bonds is 11. The fraction of sp³-hybridized carbons (Fsp3) is 0.379. The molecule has 0 bridgehead atoms. The van der Waals surface area contributed by atoms with Crippen LogP contribution in [-0.2, 0) is 25.5 Å². The Labute approximate surface area is 230 Å². The van der Waals surface area contributed by atoms with Gasteiger partial charge in [0.15, 0.2) is 17.3 Å². The van der Waals surface area contributed by atoms with Crippen molar-refractivity contribution in [2.24, 2.45) is 5.92 Å². The lowest BCUT2D eigenvalue weighted by Crippen LogP contribution is -2.15. The Kier molecular flexibility index (Phi) is 9.76. The van der Waals surface area contributed by atoms with Crippen molar-refractivity contribution < 1.29 is 47.2 Å². The Bertz CT molecular complexity index is 1490. The summed E-state index contributed by atoms with van der Waals surface area (Å²) in [7, 11) is 4.18. The Morgan fingerprint density at radius 2 is 1.50 bits per heavy atom. The van der Waals surface area contributed by atoms with E-state index in [-0.39, 0.29) is 58.2 Å². The minimum Gasteiger partial charge on any atom is -0.496 e. The minimum absolute atomic E-state index is 0.00590. The molecule has 0 N–H and O–H groups in total. The average Bonchev–Trinajstić information content (AvgIpc) is 2.90. The van der Waals surface area contributed by atoms with Gasteiger partial charge >= 0.3 is 17.9 Å². The second kappa shape index (κ2) is 13.0. The smallest absolute Gasteiger partial charge is 0.308 e. The molecule has 0 saturated heterocycles. The van der Waals surface area contributed by atoms with Crippen LogP contribution in [0.5, 0.6) is 28.7 Å². The van der Waals surface area contributed by atoms with Crippen LogP contribution in [0.25, 0.3) is 22.3 Å². The van der Waals surface area contributed by atoms with E-state index in [9.17, 15) is 19.2 Å². The molecule has 0 amide bonds. The second-order valence-corrected chi connectivity index (χ2v) is 9.06. The summed E-state index contributed by atoms with van der Waals surface area (Å²) in [4.78, 5) is 48.6. The minimum atomic E-state index is -0.733. The molecule has 0 aliphatic heterocycles. The molecule has 214 valence electrons. The maximum Gasteiger partial charge on any atom is 0.308 e. The van der Waals surface area contributed by atoms with E-state index >= 15 is 0 Å². The summed E-state index contributed by atoms with van der Waals surface area (Å²) in [5, 5.41) is -0.0664. The van der Waals surface area contributed by atoms with Crippen LogP contribution in [0.2, 0.25) is 0 Å². The van der Waals surface area contributed by atoms with Crippen LogP contribution in [0.4, 0.5) is 0 Å². The SMILES string of the molecule is COc1ccc(-c2oc3cc(OC(C)=O)c(OC)c(OC)c3c(=O)c2OC(C)=O)cc1CCC(C)COC(C)=O. The molecular formula is C29H32O11. The lowest BCUT2D eigenvalue weighted by Gasteiger charge is -2.17. The largest absolute Gasteiger partial charge is 0.496 e. The molecule has 0 spiro atoms. The molecular weight excluding hydrogens is 524 g/mol. The van der Waals surface area contributed by atoms with Gasteiger partial charge in [0.2, 0.25) is 16.9 Å². The zero-order chi connectivity index (χ0) is 29.6. The number of methoxy groups -OCH3 is 3. The fourth-order valence-electron chi connectivity index (χ4n) is 4.17. The molecule has 0 aliphatic carbocycles. The molecule has 11 nitrogen and oxygen atoms in total. The van der Waals surface area contributed by atoms with Gasteiger partial charge in [0, 0.05) is 32.4 Å². The highest BCUT2D eigenvalue weighted by molar-refractivity contribution is 5.93. The molecule has 1 heterocycles. The maximum absolute atomic E-state index is 13.7. The van der Waals surface area contributed by atoms with Crippen molar-refractivity contribution in [3.8, 4) is 40.1 Å². The fourth-order valence-corrected chi connectivity index (χ4v) is 4.17. The first-order chi connectivity index (χ1) is 19.0. The first-order valence-electron chi connectivity index (χ1n) is 12.4. The van der Waals surface area contributed by atoms with Crippen LogP contribution in [0.1, 0.15) is 39.7 Å². The third kappa shape index (κ3) is 6.71. The molecule has 0 radical (unpaired) electrons. The predicted molar refractivity (Wildman–Crippen MR) is 144 cm³/mol. The van der Waals surface area contributed by atoms with Gasteiger partial charge in [-0.15, -0.1) is 0 Å². The van der Waals surface area contributed by atoms with Crippen LogP contribution in [0.3, 0.4) is 0 Å². The Morgan fingerprint density at radius 3 is 2.08 bits per heavy atom. The van der Waals surface area contributed by atoms with Crippen molar-refractivity contribution in [3.63, 3.8) is 0 Å². The van der Waals surface area contributed by atoms with E-state index in [1.165, 1.54) is 48.2 Å². The van der Waals surface area contributed by atoms with Crippen molar-refractivity contribution in [1.29, 1.82) is 0 Å². The molecule has 1 atom stereocenters. The normalized spacial score (nSPS) is 11.5. The van der Waals surface area contributed by atoms with Crippen molar-refractivity contribution in [2.75, 3.05) is 27.9 Å². The second-order valence-electron chi connectivity index (χ2n) is 9.06. The third-order valence-corrected chi connectivity index (χ3v) is 5.95. The first kappa shape index (κ1) is 30.0. The topological polar surface area (TPSA) is 137 Å². The van der Waals surface area contributed by atoms with Gasteiger partial charge in [-0.05, 0) is 42.5 Å². The number of fused-ring (bicyclic) bond motifs is 1. The number of benzene rings is 2. The van der Waals surface area contributed by atoms with E-state index in [0.717, 1.165) is 5.56 Å². The molecule has 0 fully saturated rings. The molecule has 3 aromatic rings. The number of carbonyl (C=O) groups is 3. The number of hydrogen-bond donors (Lipinski definition) is 0. The summed E-state index contributed by atoms with van der Waals surface area (Å²) in [5.41, 5.74) is 0.544. The molecule has 1 unspecified atom stereocenters. The van der Waals surface area contributed by atoms with Gasteiger partial charge in [0.25, 0.3) is 0 Å². The van der Waals surface area contributed by atoms with Crippen LogP contribution < -0.4 is 29.1 Å². The number of aryl methyl sites for hydroxylation is 1. The van der Waals surface area contributed by atoms with Crippen LogP contribution in [0.15, 0.2) is 33.5 Å². The quantitative estimate of drug-likeness (QED) is 0.244. The van der Waals surface area contributed by atoms with Crippen molar-refractivity contribution in [2.45, 2.75) is 40.5 Å². The number of ether oxygens (including phenoxy) is 6.